The van der Waals surface area contributed by atoms with Crippen LogP contribution in [-0.2, 0) is 9.59 Å². The number of aliphatic carboxylic acids is 1. The lowest BCUT2D eigenvalue weighted by atomic mass is 10.2. The summed E-state index contributed by atoms with van der Waals surface area (Å²) in [6, 6.07) is 0. The van der Waals surface area contributed by atoms with Crippen LogP contribution in [0.15, 0.2) is 17.3 Å². The molecule has 0 aromatic heterocycles. The molecule has 1 amide bonds. The van der Waals surface area contributed by atoms with E-state index >= 15 is 0 Å². The monoisotopic (exact) mass is 154 g/mol. The van der Waals surface area contributed by atoms with E-state index in [1.165, 1.54) is 6.08 Å². The Morgan fingerprint density at radius 3 is 2.91 bits per heavy atom. The van der Waals surface area contributed by atoms with Crippen LogP contribution in [0.25, 0.3) is 0 Å². The largest absolute Gasteiger partial charge is 0.478 e. The molecule has 5 heteroatoms. The van der Waals surface area contributed by atoms with E-state index in [0.29, 0.717) is 5.71 Å². The summed E-state index contributed by atoms with van der Waals surface area (Å²) < 4.78 is 0. The molecule has 0 spiro atoms. The molecule has 0 bridgehead atoms. The molecular formula is C6H6N2O3. The second-order valence-electron chi connectivity index (χ2n) is 1.99. The first-order valence-corrected chi connectivity index (χ1v) is 2.95. The lowest BCUT2D eigenvalue weighted by Crippen LogP contribution is -2.08. The van der Waals surface area contributed by atoms with E-state index in [0.717, 1.165) is 6.08 Å². The van der Waals surface area contributed by atoms with Gasteiger partial charge in [0.1, 0.15) is 0 Å². The summed E-state index contributed by atoms with van der Waals surface area (Å²) in [7, 11) is 0. The molecule has 58 valence electrons. The predicted molar refractivity (Wildman–Crippen MR) is 37.0 cm³/mol. The van der Waals surface area contributed by atoms with Crippen molar-refractivity contribution in [2.75, 3.05) is 0 Å². The Balaban J connectivity index is 2.51. The number of carbonyl (C=O) groups excluding carboxylic acids is 1. The van der Waals surface area contributed by atoms with E-state index in [9.17, 15) is 9.59 Å². The molecule has 1 heterocycles. The van der Waals surface area contributed by atoms with Crippen LogP contribution in [-0.4, -0.2) is 22.7 Å². The minimum absolute atomic E-state index is 0.157. The van der Waals surface area contributed by atoms with Gasteiger partial charge in [-0.05, 0) is 6.08 Å². The van der Waals surface area contributed by atoms with Gasteiger partial charge in [-0.2, -0.15) is 5.10 Å². The molecule has 0 radical (unpaired) electrons. The Hall–Kier alpha value is -1.65. The zero-order chi connectivity index (χ0) is 8.27. The van der Waals surface area contributed by atoms with Gasteiger partial charge in [0.2, 0.25) is 5.91 Å². The van der Waals surface area contributed by atoms with Crippen molar-refractivity contribution < 1.29 is 14.7 Å². The third-order valence-corrected chi connectivity index (χ3v) is 1.08. The molecule has 0 aromatic carbocycles. The Kier molecular flexibility index (Phi) is 2.00. The smallest absolute Gasteiger partial charge is 0.328 e. The minimum atomic E-state index is -1.05. The number of hydrogen-bond acceptors (Lipinski definition) is 3. The molecule has 11 heavy (non-hydrogen) atoms. The van der Waals surface area contributed by atoms with Crippen LogP contribution in [0.1, 0.15) is 6.42 Å². The van der Waals surface area contributed by atoms with Crippen molar-refractivity contribution in [3.8, 4) is 0 Å². The van der Waals surface area contributed by atoms with Crippen molar-refractivity contribution in [2.45, 2.75) is 6.42 Å². The number of allylic oxidation sites excluding steroid dienone is 1. The standard InChI is InChI=1S/C6H6N2O3/c9-5-3-4(7-8-5)1-2-6(10)11/h1-2H,3H2,(H,8,9)(H,10,11)/b2-1+. The number of nitrogens with zero attached hydrogens (tertiary/aromatic N) is 1. The van der Waals surface area contributed by atoms with E-state index < -0.39 is 5.97 Å². The molecule has 0 aliphatic carbocycles. The highest BCUT2D eigenvalue weighted by molar-refractivity contribution is 6.11. The van der Waals surface area contributed by atoms with Crippen LogP contribution in [0.2, 0.25) is 0 Å². The number of carboxylic acids is 1. The van der Waals surface area contributed by atoms with Gasteiger partial charge in [-0.15, -0.1) is 0 Å². The Morgan fingerprint density at radius 2 is 2.45 bits per heavy atom. The van der Waals surface area contributed by atoms with Gasteiger partial charge in [0.25, 0.3) is 0 Å². The van der Waals surface area contributed by atoms with Crippen molar-refractivity contribution in [2.24, 2.45) is 5.10 Å². The predicted octanol–water partition coefficient (Wildman–Crippen LogP) is -0.497. The number of hydrogen-bond donors (Lipinski definition) is 2. The molecule has 2 N–H and O–H groups in total. The van der Waals surface area contributed by atoms with Gasteiger partial charge in [0.05, 0.1) is 12.1 Å². The summed E-state index contributed by atoms with van der Waals surface area (Å²) in [5.41, 5.74) is 2.64. The van der Waals surface area contributed by atoms with Crippen LogP contribution in [0.4, 0.5) is 0 Å². The summed E-state index contributed by atoms with van der Waals surface area (Å²) in [6.07, 6.45) is 2.39. The minimum Gasteiger partial charge on any atom is -0.478 e. The average Bonchev–Trinajstić information content (AvgIpc) is 2.31. The maximum absolute atomic E-state index is 10.5. The quantitative estimate of drug-likeness (QED) is 0.526. The molecule has 1 aliphatic rings. The summed E-state index contributed by atoms with van der Waals surface area (Å²) in [5.74, 6) is -1.26. The van der Waals surface area contributed by atoms with Gasteiger partial charge < -0.3 is 5.11 Å². The molecule has 0 saturated carbocycles. The number of carbonyl (C=O) groups is 2. The van der Waals surface area contributed by atoms with E-state index in [2.05, 4.69) is 10.5 Å². The lowest BCUT2D eigenvalue weighted by molar-refractivity contribution is -0.131. The number of amides is 1. The molecule has 0 fully saturated rings. The SMILES string of the molecule is O=C(O)/C=C/C1=NNC(=O)C1. The van der Waals surface area contributed by atoms with Crippen LogP contribution in [0.3, 0.4) is 0 Å². The topological polar surface area (TPSA) is 78.8 Å². The average molecular weight is 154 g/mol. The van der Waals surface area contributed by atoms with Gasteiger partial charge in [0.15, 0.2) is 0 Å². The molecule has 0 unspecified atom stereocenters. The van der Waals surface area contributed by atoms with Gasteiger partial charge in [0, 0.05) is 6.08 Å². The van der Waals surface area contributed by atoms with Gasteiger partial charge in [-0.25, -0.2) is 10.2 Å². The highest BCUT2D eigenvalue weighted by Gasteiger charge is 2.11. The number of carboxylic acid groups (broad SMARTS) is 1. The van der Waals surface area contributed by atoms with E-state index in [4.69, 9.17) is 5.11 Å². The van der Waals surface area contributed by atoms with Crippen LogP contribution < -0.4 is 5.43 Å². The lowest BCUT2D eigenvalue weighted by Gasteiger charge is -1.81. The number of rotatable bonds is 2. The van der Waals surface area contributed by atoms with Crippen LogP contribution >= 0.6 is 0 Å². The summed E-state index contributed by atoms with van der Waals surface area (Å²) in [5, 5.41) is 11.7. The molecular weight excluding hydrogens is 148 g/mol. The van der Waals surface area contributed by atoms with E-state index in [-0.39, 0.29) is 12.3 Å². The molecule has 1 aliphatic heterocycles. The van der Waals surface area contributed by atoms with Gasteiger partial charge in [-0.3, -0.25) is 4.79 Å². The third kappa shape index (κ3) is 2.21. The number of nitrogens with one attached hydrogen (secondary N) is 1. The highest BCUT2D eigenvalue weighted by Crippen LogP contribution is 1.96. The van der Waals surface area contributed by atoms with Crippen molar-refractivity contribution in [3.63, 3.8) is 0 Å². The van der Waals surface area contributed by atoms with Crippen LogP contribution in [0, 0.1) is 0 Å². The molecule has 5 nitrogen and oxygen atoms in total. The number of hydrazone groups is 1. The summed E-state index contributed by atoms with van der Waals surface area (Å²) in [4.78, 5) is 20.5. The van der Waals surface area contributed by atoms with Crippen molar-refractivity contribution in [1.82, 2.24) is 5.43 Å². The summed E-state index contributed by atoms with van der Waals surface area (Å²) in [6.45, 7) is 0. The first-order chi connectivity index (χ1) is 5.18. The van der Waals surface area contributed by atoms with Crippen molar-refractivity contribution in [3.05, 3.63) is 12.2 Å². The zero-order valence-electron chi connectivity index (χ0n) is 5.57. The molecule has 0 saturated heterocycles. The van der Waals surface area contributed by atoms with E-state index in [1.807, 2.05) is 0 Å². The summed E-state index contributed by atoms with van der Waals surface area (Å²) >= 11 is 0. The third-order valence-electron chi connectivity index (χ3n) is 1.08. The van der Waals surface area contributed by atoms with E-state index in [1.54, 1.807) is 0 Å². The highest BCUT2D eigenvalue weighted by atomic mass is 16.4. The molecule has 0 atom stereocenters. The van der Waals surface area contributed by atoms with Crippen molar-refractivity contribution in [1.29, 1.82) is 0 Å². The Labute approximate surface area is 62.4 Å². The van der Waals surface area contributed by atoms with Gasteiger partial charge >= 0.3 is 5.97 Å². The maximum atomic E-state index is 10.5. The Bertz CT molecular complexity index is 255. The second kappa shape index (κ2) is 2.96. The van der Waals surface area contributed by atoms with Gasteiger partial charge in [-0.1, -0.05) is 0 Å². The van der Waals surface area contributed by atoms with Crippen molar-refractivity contribution >= 4 is 17.6 Å². The fourth-order valence-corrected chi connectivity index (χ4v) is 0.641. The molecule has 0 aromatic rings. The molecule has 1 rings (SSSR count). The fourth-order valence-electron chi connectivity index (χ4n) is 0.641. The first kappa shape index (κ1) is 7.46. The normalized spacial score (nSPS) is 16.7. The second-order valence-corrected chi connectivity index (χ2v) is 1.99. The van der Waals surface area contributed by atoms with Crippen LogP contribution in [0.5, 0.6) is 0 Å². The zero-order valence-corrected chi connectivity index (χ0v) is 5.57. The fraction of sp³-hybridized carbons (Fsp3) is 0.167. The maximum Gasteiger partial charge on any atom is 0.328 e. The Morgan fingerprint density at radius 1 is 1.73 bits per heavy atom. The first-order valence-electron chi connectivity index (χ1n) is 2.95.